The molecule has 5 nitrogen and oxygen atoms in total. The minimum absolute atomic E-state index is 0.00177. The number of carbonyl (C=O) groups is 1. The Morgan fingerprint density at radius 3 is 2.48 bits per heavy atom. The molecule has 128 valence electrons. The Morgan fingerprint density at radius 2 is 1.80 bits per heavy atom. The van der Waals surface area contributed by atoms with E-state index in [4.69, 9.17) is 0 Å². The van der Waals surface area contributed by atoms with Gasteiger partial charge in [0.1, 0.15) is 0 Å². The number of amides is 1. The van der Waals surface area contributed by atoms with E-state index in [1.54, 1.807) is 12.1 Å². The summed E-state index contributed by atoms with van der Waals surface area (Å²) in [4.78, 5) is 16.9. The maximum atomic E-state index is 12.5. The summed E-state index contributed by atoms with van der Waals surface area (Å²) >= 11 is 3.52. The largest absolute Gasteiger partial charge is 0.298 e. The monoisotopic (exact) mass is 484 g/mol. The first-order valence-corrected chi connectivity index (χ1v) is 11.0. The van der Waals surface area contributed by atoms with Gasteiger partial charge in [-0.2, -0.15) is 0 Å². The van der Waals surface area contributed by atoms with Gasteiger partial charge in [0.05, 0.1) is 16.2 Å². The number of aromatic nitrogens is 1. The SMILES string of the molecule is CS(=O)(=O)c1ccccc1C(=O)Nc1nc(-c2ccc(I)cc2)cs1. The van der Waals surface area contributed by atoms with Gasteiger partial charge in [-0.1, -0.05) is 24.3 Å². The van der Waals surface area contributed by atoms with E-state index in [2.05, 4.69) is 32.9 Å². The van der Waals surface area contributed by atoms with Gasteiger partial charge in [-0.3, -0.25) is 10.1 Å². The number of rotatable bonds is 4. The molecule has 0 atom stereocenters. The lowest BCUT2D eigenvalue weighted by Gasteiger charge is -2.07. The Hall–Kier alpha value is -1.78. The highest BCUT2D eigenvalue weighted by molar-refractivity contribution is 14.1. The molecule has 8 heteroatoms. The number of hydrogen-bond acceptors (Lipinski definition) is 5. The molecule has 0 radical (unpaired) electrons. The highest BCUT2D eigenvalue weighted by atomic mass is 127. The van der Waals surface area contributed by atoms with E-state index in [-0.39, 0.29) is 10.5 Å². The number of halogens is 1. The summed E-state index contributed by atoms with van der Waals surface area (Å²) < 4.78 is 24.8. The average Bonchev–Trinajstić information content (AvgIpc) is 3.03. The third-order valence-corrected chi connectivity index (χ3v) is 6.03. The molecule has 0 aliphatic carbocycles. The zero-order valence-corrected chi connectivity index (χ0v) is 16.9. The van der Waals surface area contributed by atoms with Crippen molar-refractivity contribution in [1.29, 1.82) is 0 Å². The van der Waals surface area contributed by atoms with Crippen molar-refractivity contribution in [3.63, 3.8) is 0 Å². The van der Waals surface area contributed by atoms with Crippen LogP contribution in [-0.4, -0.2) is 25.6 Å². The third kappa shape index (κ3) is 4.25. The molecule has 0 aliphatic heterocycles. The second kappa shape index (κ2) is 7.22. The van der Waals surface area contributed by atoms with Crippen LogP contribution in [0.3, 0.4) is 0 Å². The first-order chi connectivity index (χ1) is 11.8. The highest BCUT2D eigenvalue weighted by Gasteiger charge is 2.19. The number of thiazole rings is 1. The molecular weight excluding hydrogens is 471 g/mol. The van der Waals surface area contributed by atoms with Gasteiger partial charge in [0.15, 0.2) is 15.0 Å². The van der Waals surface area contributed by atoms with Crippen LogP contribution in [0.1, 0.15) is 10.4 Å². The molecule has 0 fully saturated rings. The predicted octanol–water partition coefficient (Wildman–Crippen LogP) is 4.07. The Balaban J connectivity index is 1.85. The second-order valence-corrected chi connectivity index (χ2v) is 9.36. The quantitative estimate of drug-likeness (QED) is 0.567. The van der Waals surface area contributed by atoms with E-state index < -0.39 is 15.7 Å². The molecule has 0 spiro atoms. The molecule has 1 aromatic heterocycles. The van der Waals surface area contributed by atoms with Crippen LogP contribution in [0.15, 0.2) is 58.8 Å². The first kappa shape index (κ1) is 18.0. The van der Waals surface area contributed by atoms with Crippen LogP contribution in [0.2, 0.25) is 0 Å². The number of carbonyl (C=O) groups excluding carboxylic acids is 1. The molecule has 25 heavy (non-hydrogen) atoms. The number of benzene rings is 2. The molecule has 0 saturated heterocycles. The number of nitrogens with zero attached hydrogens (tertiary/aromatic N) is 1. The van der Waals surface area contributed by atoms with Crippen LogP contribution in [0.25, 0.3) is 11.3 Å². The van der Waals surface area contributed by atoms with Crippen LogP contribution in [0.5, 0.6) is 0 Å². The van der Waals surface area contributed by atoms with Gasteiger partial charge in [0, 0.05) is 20.8 Å². The minimum Gasteiger partial charge on any atom is -0.298 e. The summed E-state index contributed by atoms with van der Waals surface area (Å²) in [7, 11) is -3.49. The van der Waals surface area contributed by atoms with Crippen LogP contribution in [0, 0.1) is 3.57 Å². The summed E-state index contributed by atoms with van der Waals surface area (Å²) in [6.07, 6.45) is 1.08. The molecule has 0 aliphatic rings. The van der Waals surface area contributed by atoms with Crippen molar-refractivity contribution in [2.45, 2.75) is 4.90 Å². The van der Waals surface area contributed by atoms with Crippen LogP contribution in [0.4, 0.5) is 5.13 Å². The summed E-state index contributed by atoms with van der Waals surface area (Å²) in [5, 5.41) is 4.94. The average molecular weight is 484 g/mol. The van der Waals surface area contributed by atoms with Gasteiger partial charge in [0.25, 0.3) is 5.91 Å². The van der Waals surface area contributed by atoms with E-state index in [1.165, 1.54) is 23.5 Å². The number of hydrogen-bond donors (Lipinski definition) is 1. The van der Waals surface area contributed by atoms with Crippen molar-refractivity contribution in [3.05, 3.63) is 63.0 Å². The van der Waals surface area contributed by atoms with Crippen LogP contribution < -0.4 is 5.32 Å². The van der Waals surface area contributed by atoms with Gasteiger partial charge in [-0.15, -0.1) is 11.3 Å². The maximum Gasteiger partial charge on any atom is 0.258 e. The van der Waals surface area contributed by atoms with Crippen molar-refractivity contribution in [2.24, 2.45) is 0 Å². The van der Waals surface area contributed by atoms with Gasteiger partial charge in [-0.05, 0) is 46.9 Å². The highest BCUT2D eigenvalue weighted by Crippen LogP contribution is 2.26. The molecule has 2 aromatic carbocycles. The van der Waals surface area contributed by atoms with E-state index in [1.807, 2.05) is 29.6 Å². The van der Waals surface area contributed by atoms with Crippen LogP contribution in [-0.2, 0) is 9.84 Å². The van der Waals surface area contributed by atoms with Gasteiger partial charge in [-0.25, -0.2) is 13.4 Å². The maximum absolute atomic E-state index is 12.5. The molecular formula is C17H13IN2O3S2. The van der Waals surface area contributed by atoms with Gasteiger partial charge in [0.2, 0.25) is 0 Å². The van der Waals surface area contributed by atoms with Gasteiger partial charge >= 0.3 is 0 Å². The second-order valence-electron chi connectivity index (χ2n) is 5.27. The molecule has 0 saturated carbocycles. The van der Waals surface area contributed by atoms with Crippen molar-refractivity contribution in [3.8, 4) is 11.3 Å². The number of sulfone groups is 1. The first-order valence-electron chi connectivity index (χ1n) is 7.16. The van der Waals surface area contributed by atoms with Crippen molar-refractivity contribution in [1.82, 2.24) is 4.98 Å². The lowest BCUT2D eigenvalue weighted by atomic mass is 10.2. The van der Waals surface area contributed by atoms with E-state index in [0.717, 1.165) is 21.1 Å². The van der Waals surface area contributed by atoms with Crippen LogP contribution >= 0.6 is 33.9 Å². The molecule has 0 bridgehead atoms. The third-order valence-electron chi connectivity index (χ3n) is 3.40. The fraction of sp³-hybridized carbons (Fsp3) is 0.0588. The Kier molecular flexibility index (Phi) is 5.21. The summed E-state index contributed by atoms with van der Waals surface area (Å²) in [5.74, 6) is -0.496. The normalized spacial score (nSPS) is 11.3. The molecule has 1 heterocycles. The molecule has 3 aromatic rings. The minimum atomic E-state index is -3.49. The standard InChI is InChI=1S/C17H13IN2O3S2/c1-25(22,23)15-5-3-2-4-13(15)16(21)20-17-19-14(10-24-17)11-6-8-12(18)9-7-11/h2-10H,1H3,(H,19,20,21). The summed E-state index contributed by atoms with van der Waals surface area (Å²) in [5.41, 5.74) is 1.82. The molecule has 1 amide bonds. The summed E-state index contributed by atoms with van der Waals surface area (Å²) in [6.45, 7) is 0. The Bertz CT molecular complexity index is 1030. The van der Waals surface area contributed by atoms with Crippen molar-refractivity contribution < 1.29 is 13.2 Å². The van der Waals surface area contributed by atoms with Gasteiger partial charge < -0.3 is 0 Å². The van der Waals surface area contributed by atoms with Crippen molar-refractivity contribution >= 4 is 54.8 Å². The Labute approximate surface area is 163 Å². The number of anilines is 1. The lowest BCUT2D eigenvalue weighted by molar-refractivity contribution is 0.102. The zero-order valence-electron chi connectivity index (χ0n) is 13.1. The van der Waals surface area contributed by atoms with E-state index in [0.29, 0.717) is 5.13 Å². The molecule has 3 rings (SSSR count). The van der Waals surface area contributed by atoms with Crippen molar-refractivity contribution in [2.75, 3.05) is 11.6 Å². The lowest BCUT2D eigenvalue weighted by Crippen LogP contribution is -2.15. The smallest absolute Gasteiger partial charge is 0.258 e. The molecule has 1 N–H and O–H groups in total. The fourth-order valence-electron chi connectivity index (χ4n) is 2.23. The number of nitrogens with one attached hydrogen (secondary N) is 1. The predicted molar refractivity (Wildman–Crippen MR) is 108 cm³/mol. The topological polar surface area (TPSA) is 76.1 Å². The molecule has 0 unspecified atom stereocenters. The Morgan fingerprint density at radius 1 is 1.12 bits per heavy atom. The van der Waals surface area contributed by atoms with E-state index in [9.17, 15) is 13.2 Å². The van der Waals surface area contributed by atoms with E-state index >= 15 is 0 Å². The fourth-order valence-corrected chi connectivity index (χ4v) is 4.19. The zero-order chi connectivity index (χ0) is 18.0. The summed E-state index contributed by atoms with van der Waals surface area (Å²) in [6, 6.07) is 14.0.